The summed E-state index contributed by atoms with van der Waals surface area (Å²) >= 11 is 0. The van der Waals surface area contributed by atoms with Gasteiger partial charge in [0.05, 0.1) is 5.69 Å². The van der Waals surface area contributed by atoms with Crippen molar-refractivity contribution < 1.29 is 13.6 Å². The minimum atomic E-state index is -0.289. The lowest BCUT2D eigenvalue weighted by atomic mass is 10.2. The Morgan fingerprint density at radius 1 is 1.06 bits per heavy atom. The number of hydrogen-bond donors (Lipinski definition) is 1. The van der Waals surface area contributed by atoms with Crippen LogP contribution >= 0.6 is 0 Å². The van der Waals surface area contributed by atoms with Gasteiger partial charge in [-0.2, -0.15) is 0 Å². The Hall–Kier alpha value is -2.10. The van der Waals surface area contributed by atoms with Crippen LogP contribution in [0.3, 0.4) is 0 Å². The Kier molecular flexibility index (Phi) is 3.55. The standard InChI is InChI=1S/C13H11F2NO/c14-11-3-1-2-10(8-11)9-17-13-6-4-12(16-15)5-7-13/h1-8,16H,9H2. The van der Waals surface area contributed by atoms with E-state index in [0.717, 1.165) is 5.56 Å². The number of hydrogen-bond acceptors (Lipinski definition) is 2. The highest BCUT2D eigenvalue weighted by Crippen LogP contribution is 2.17. The van der Waals surface area contributed by atoms with Gasteiger partial charge < -0.3 is 4.74 Å². The van der Waals surface area contributed by atoms with Crippen molar-refractivity contribution in [2.45, 2.75) is 6.61 Å². The van der Waals surface area contributed by atoms with Crippen LogP contribution in [-0.4, -0.2) is 0 Å². The predicted molar refractivity (Wildman–Crippen MR) is 61.9 cm³/mol. The molecule has 0 atom stereocenters. The molecule has 0 amide bonds. The summed E-state index contributed by atoms with van der Waals surface area (Å²) in [5.41, 5.74) is 2.64. The zero-order valence-electron chi connectivity index (χ0n) is 8.99. The molecule has 2 aromatic rings. The zero-order valence-corrected chi connectivity index (χ0v) is 8.99. The van der Waals surface area contributed by atoms with E-state index in [4.69, 9.17) is 4.74 Å². The second-order valence-corrected chi connectivity index (χ2v) is 3.54. The van der Waals surface area contributed by atoms with Gasteiger partial charge in [0.1, 0.15) is 18.2 Å². The third-order valence-corrected chi connectivity index (χ3v) is 2.26. The van der Waals surface area contributed by atoms with Crippen molar-refractivity contribution in [1.29, 1.82) is 0 Å². The summed E-state index contributed by atoms with van der Waals surface area (Å²) in [6.45, 7) is 0.278. The first-order valence-electron chi connectivity index (χ1n) is 5.12. The number of rotatable bonds is 4. The lowest BCUT2D eigenvalue weighted by molar-refractivity contribution is 0.305. The molecule has 2 nitrogen and oxygen atoms in total. The lowest BCUT2D eigenvalue weighted by Gasteiger charge is -2.06. The Labute approximate surface area is 97.8 Å². The predicted octanol–water partition coefficient (Wildman–Crippen LogP) is 3.70. The van der Waals surface area contributed by atoms with Crippen LogP contribution in [0.4, 0.5) is 14.6 Å². The van der Waals surface area contributed by atoms with E-state index in [2.05, 4.69) is 0 Å². The van der Waals surface area contributed by atoms with Crippen molar-refractivity contribution in [3.63, 3.8) is 0 Å². The van der Waals surface area contributed by atoms with Crippen molar-refractivity contribution in [2.24, 2.45) is 0 Å². The number of ether oxygens (including phenoxy) is 1. The molecule has 88 valence electrons. The van der Waals surface area contributed by atoms with Crippen LogP contribution in [0.1, 0.15) is 5.56 Å². The fraction of sp³-hybridized carbons (Fsp3) is 0.0769. The van der Waals surface area contributed by atoms with E-state index in [1.54, 1.807) is 36.4 Å². The molecular formula is C13H11F2NO. The highest BCUT2D eigenvalue weighted by Gasteiger charge is 1.98. The van der Waals surface area contributed by atoms with Crippen LogP contribution in [-0.2, 0) is 6.61 Å². The van der Waals surface area contributed by atoms with E-state index < -0.39 is 0 Å². The average molecular weight is 235 g/mol. The van der Waals surface area contributed by atoms with Crippen molar-refractivity contribution in [3.8, 4) is 5.75 Å². The molecule has 0 aliphatic heterocycles. The summed E-state index contributed by atoms with van der Waals surface area (Å²) < 4.78 is 30.3. The first-order chi connectivity index (χ1) is 8.28. The maximum absolute atomic E-state index is 12.9. The molecule has 2 aromatic carbocycles. The van der Waals surface area contributed by atoms with Gasteiger partial charge >= 0.3 is 0 Å². The van der Waals surface area contributed by atoms with Crippen LogP contribution in [0.5, 0.6) is 5.75 Å². The van der Waals surface area contributed by atoms with Gasteiger partial charge in [0.25, 0.3) is 0 Å². The maximum Gasteiger partial charge on any atom is 0.123 e. The van der Waals surface area contributed by atoms with Crippen molar-refractivity contribution in [2.75, 3.05) is 5.54 Å². The molecule has 0 spiro atoms. The smallest absolute Gasteiger partial charge is 0.123 e. The summed E-state index contributed by atoms with van der Waals surface area (Å²) in [6, 6.07) is 12.6. The minimum Gasteiger partial charge on any atom is -0.489 e. The van der Waals surface area contributed by atoms with Gasteiger partial charge in [-0.05, 0) is 42.0 Å². The second-order valence-electron chi connectivity index (χ2n) is 3.54. The van der Waals surface area contributed by atoms with Gasteiger partial charge in [0.15, 0.2) is 0 Å². The molecule has 17 heavy (non-hydrogen) atoms. The topological polar surface area (TPSA) is 21.3 Å². The zero-order chi connectivity index (χ0) is 12.1. The normalized spacial score (nSPS) is 10.0. The molecule has 0 heterocycles. The Balaban J connectivity index is 1.97. The first-order valence-corrected chi connectivity index (χ1v) is 5.12. The van der Waals surface area contributed by atoms with E-state index in [0.29, 0.717) is 11.4 Å². The number of benzene rings is 2. The minimum absolute atomic E-state index is 0.278. The molecule has 2 rings (SSSR count). The summed E-state index contributed by atoms with van der Waals surface area (Å²) in [4.78, 5) is 0. The van der Waals surface area contributed by atoms with Crippen molar-refractivity contribution >= 4 is 5.69 Å². The summed E-state index contributed by atoms with van der Waals surface area (Å²) in [6.07, 6.45) is 0. The number of halogens is 2. The SMILES string of the molecule is FNc1ccc(OCc2cccc(F)c2)cc1. The molecule has 4 heteroatoms. The van der Waals surface area contributed by atoms with Crippen LogP contribution in [0.2, 0.25) is 0 Å². The molecule has 0 radical (unpaired) electrons. The Bertz CT molecular complexity index is 485. The fourth-order valence-electron chi connectivity index (χ4n) is 1.41. The highest BCUT2D eigenvalue weighted by atomic mass is 19.2. The summed E-state index contributed by atoms with van der Waals surface area (Å²) in [7, 11) is 0. The third kappa shape index (κ3) is 3.17. The van der Waals surface area contributed by atoms with Crippen LogP contribution in [0.25, 0.3) is 0 Å². The highest BCUT2D eigenvalue weighted by molar-refractivity contribution is 5.44. The van der Waals surface area contributed by atoms with Crippen molar-refractivity contribution in [1.82, 2.24) is 0 Å². The first kappa shape index (κ1) is 11.4. The van der Waals surface area contributed by atoms with E-state index in [9.17, 15) is 8.87 Å². The summed E-state index contributed by atoms with van der Waals surface area (Å²) in [5.74, 6) is 0.316. The molecule has 0 bridgehead atoms. The van der Waals surface area contributed by atoms with E-state index in [1.807, 2.05) is 0 Å². The van der Waals surface area contributed by atoms with Crippen LogP contribution < -0.4 is 10.3 Å². The second kappa shape index (κ2) is 5.30. The monoisotopic (exact) mass is 235 g/mol. The number of nitrogens with one attached hydrogen (secondary N) is 1. The van der Waals surface area contributed by atoms with Gasteiger partial charge in [-0.3, -0.25) is 0 Å². The average Bonchev–Trinajstić information content (AvgIpc) is 2.37. The molecule has 0 aliphatic rings. The van der Waals surface area contributed by atoms with E-state index >= 15 is 0 Å². The molecule has 0 saturated carbocycles. The van der Waals surface area contributed by atoms with Gasteiger partial charge in [-0.15, -0.1) is 4.48 Å². The van der Waals surface area contributed by atoms with Crippen molar-refractivity contribution in [3.05, 3.63) is 59.9 Å². The van der Waals surface area contributed by atoms with Gasteiger partial charge in [0, 0.05) is 0 Å². The fourth-order valence-corrected chi connectivity index (χ4v) is 1.41. The van der Waals surface area contributed by atoms with Gasteiger partial charge in [-0.25, -0.2) is 9.93 Å². The van der Waals surface area contributed by atoms with Crippen LogP contribution in [0, 0.1) is 5.82 Å². The largest absolute Gasteiger partial charge is 0.489 e. The summed E-state index contributed by atoms with van der Waals surface area (Å²) in [5, 5.41) is 0. The quantitative estimate of drug-likeness (QED) is 0.816. The molecule has 0 aliphatic carbocycles. The third-order valence-electron chi connectivity index (χ3n) is 2.26. The van der Waals surface area contributed by atoms with Crippen LogP contribution in [0.15, 0.2) is 48.5 Å². The molecule has 1 N–H and O–H groups in total. The van der Waals surface area contributed by atoms with E-state index in [-0.39, 0.29) is 12.4 Å². The Morgan fingerprint density at radius 3 is 2.47 bits per heavy atom. The maximum atomic E-state index is 12.9. The molecule has 0 saturated heterocycles. The van der Waals surface area contributed by atoms with Gasteiger partial charge in [0.2, 0.25) is 0 Å². The molecule has 0 unspecified atom stereocenters. The molecular weight excluding hydrogens is 224 g/mol. The lowest BCUT2D eigenvalue weighted by Crippen LogP contribution is -1.95. The molecule has 0 aromatic heterocycles. The van der Waals surface area contributed by atoms with E-state index in [1.165, 1.54) is 17.7 Å². The van der Waals surface area contributed by atoms with Gasteiger partial charge in [-0.1, -0.05) is 12.1 Å². The number of anilines is 1. The Morgan fingerprint density at radius 2 is 1.82 bits per heavy atom. The molecule has 0 fully saturated rings.